The molecule has 1 atom stereocenters. The molecule has 0 unspecified atom stereocenters. The van der Waals surface area contributed by atoms with E-state index in [0.29, 0.717) is 12.0 Å². The van der Waals surface area contributed by atoms with Crippen LogP contribution in [0.25, 0.3) is 10.2 Å². The van der Waals surface area contributed by atoms with Gasteiger partial charge in [-0.15, -0.1) is 11.3 Å². The third-order valence-electron chi connectivity index (χ3n) is 6.78. The summed E-state index contributed by atoms with van der Waals surface area (Å²) >= 11 is 1.70. The number of piperazine rings is 1. The van der Waals surface area contributed by atoms with Crippen molar-refractivity contribution >= 4 is 44.7 Å². The highest BCUT2D eigenvalue weighted by atomic mass is 32.1. The number of hydrogen-bond acceptors (Lipinski definition) is 8. The van der Waals surface area contributed by atoms with Crippen LogP contribution >= 0.6 is 11.3 Å². The van der Waals surface area contributed by atoms with E-state index in [1.165, 1.54) is 16.6 Å². The number of aromatic nitrogens is 2. The molecule has 8 heteroatoms. The second-order valence-corrected chi connectivity index (χ2v) is 10.1. The van der Waals surface area contributed by atoms with Crippen LogP contribution in [-0.4, -0.2) is 86.2 Å². The second-order valence-electron chi connectivity index (χ2n) is 9.28. The molecule has 3 aromatic rings. The first-order valence-corrected chi connectivity index (χ1v) is 12.3. The molecule has 1 aromatic carbocycles. The first-order chi connectivity index (χ1) is 15.5. The molecule has 2 aromatic heterocycles. The van der Waals surface area contributed by atoms with Gasteiger partial charge in [-0.05, 0) is 69.7 Å². The van der Waals surface area contributed by atoms with E-state index in [4.69, 9.17) is 9.97 Å². The summed E-state index contributed by atoms with van der Waals surface area (Å²) in [5.41, 5.74) is 3.56. The third-order valence-corrected chi connectivity index (χ3v) is 7.77. The summed E-state index contributed by atoms with van der Waals surface area (Å²) in [6, 6.07) is 9.24. The fourth-order valence-corrected chi connectivity index (χ4v) is 5.57. The number of hydrogen-bond donors (Lipinski definition) is 1. The van der Waals surface area contributed by atoms with Gasteiger partial charge in [-0.1, -0.05) is 0 Å². The summed E-state index contributed by atoms with van der Waals surface area (Å²) in [7, 11) is 6.52. The van der Waals surface area contributed by atoms with Crippen molar-refractivity contribution in [1.82, 2.24) is 19.8 Å². The van der Waals surface area contributed by atoms with Crippen LogP contribution in [0.15, 0.2) is 29.6 Å². The Bertz CT molecular complexity index is 1070. The highest BCUT2D eigenvalue weighted by Crippen LogP contribution is 2.35. The molecular formula is C24H33N7S. The van der Waals surface area contributed by atoms with E-state index < -0.39 is 0 Å². The molecule has 2 aliphatic heterocycles. The van der Waals surface area contributed by atoms with Crippen LogP contribution in [-0.2, 0) is 0 Å². The van der Waals surface area contributed by atoms with Crippen molar-refractivity contribution in [2.75, 3.05) is 75.5 Å². The molecule has 32 heavy (non-hydrogen) atoms. The summed E-state index contributed by atoms with van der Waals surface area (Å²) < 4.78 is 0. The summed E-state index contributed by atoms with van der Waals surface area (Å²) in [5, 5.41) is 6.85. The predicted molar refractivity (Wildman–Crippen MR) is 136 cm³/mol. The van der Waals surface area contributed by atoms with E-state index in [-0.39, 0.29) is 0 Å². The highest BCUT2D eigenvalue weighted by molar-refractivity contribution is 7.17. The Morgan fingerprint density at radius 3 is 2.44 bits per heavy atom. The highest BCUT2D eigenvalue weighted by Gasteiger charge is 2.27. The topological polar surface area (TPSA) is 50.8 Å². The van der Waals surface area contributed by atoms with Gasteiger partial charge >= 0.3 is 0 Å². The zero-order valence-electron chi connectivity index (χ0n) is 19.5. The van der Waals surface area contributed by atoms with Gasteiger partial charge in [0, 0.05) is 56.7 Å². The standard InChI is InChI=1S/C24H33N7S/c1-17-16-32-23-21(17)22(31-10-9-20(15-31)28(2)3)26-24(27-23)25-18-5-7-19(8-6-18)30-13-11-29(4)12-14-30/h5-8,16,20H,9-15H2,1-4H3,(H,25,26,27)/t20-/m0/s1. The molecule has 170 valence electrons. The van der Waals surface area contributed by atoms with Crippen LogP contribution in [0.4, 0.5) is 23.1 Å². The zero-order valence-corrected chi connectivity index (χ0v) is 20.3. The van der Waals surface area contributed by atoms with E-state index in [1.54, 1.807) is 11.3 Å². The molecule has 0 bridgehead atoms. The zero-order chi connectivity index (χ0) is 22.2. The molecule has 0 spiro atoms. The quantitative estimate of drug-likeness (QED) is 0.636. The van der Waals surface area contributed by atoms with Crippen LogP contribution < -0.4 is 15.1 Å². The smallest absolute Gasteiger partial charge is 0.230 e. The van der Waals surface area contributed by atoms with Crippen LogP contribution in [0.5, 0.6) is 0 Å². The Morgan fingerprint density at radius 2 is 1.75 bits per heavy atom. The van der Waals surface area contributed by atoms with Crippen LogP contribution in [0, 0.1) is 6.92 Å². The largest absolute Gasteiger partial charge is 0.369 e. The molecule has 0 amide bonds. The number of rotatable bonds is 5. The maximum Gasteiger partial charge on any atom is 0.230 e. The van der Waals surface area contributed by atoms with E-state index in [2.05, 4.69) is 82.6 Å². The summed E-state index contributed by atoms with van der Waals surface area (Å²) in [5.74, 6) is 1.74. The Labute approximate surface area is 194 Å². The molecule has 2 aliphatic rings. The number of nitrogens with zero attached hydrogens (tertiary/aromatic N) is 6. The van der Waals surface area contributed by atoms with Crippen molar-refractivity contribution in [1.29, 1.82) is 0 Å². The summed E-state index contributed by atoms with van der Waals surface area (Å²) in [6.07, 6.45) is 1.16. The lowest BCUT2D eigenvalue weighted by Gasteiger charge is -2.34. The minimum atomic E-state index is 0.567. The van der Waals surface area contributed by atoms with E-state index in [9.17, 15) is 0 Å². The maximum absolute atomic E-state index is 5.00. The van der Waals surface area contributed by atoms with E-state index in [0.717, 1.165) is 62.0 Å². The Balaban J connectivity index is 1.38. The number of likely N-dealkylation sites (N-methyl/N-ethyl adjacent to an activating group) is 2. The van der Waals surface area contributed by atoms with Crippen molar-refractivity contribution in [2.45, 2.75) is 19.4 Å². The van der Waals surface area contributed by atoms with Crippen molar-refractivity contribution < 1.29 is 0 Å². The van der Waals surface area contributed by atoms with E-state index >= 15 is 0 Å². The Kier molecular flexibility index (Phi) is 5.92. The van der Waals surface area contributed by atoms with Gasteiger partial charge in [-0.3, -0.25) is 0 Å². The molecule has 0 saturated carbocycles. The molecule has 0 aliphatic carbocycles. The van der Waals surface area contributed by atoms with Gasteiger partial charge in [0.1, 0.15) is 10.6 Å². The van der Waals surface area contributed by atoms with Crippen molar-refractivity contribution in [2.24, 2.45) is 0 Å². The molecule has 2 saturated heterocycles. The first-order valence-electron chi connectivity index (χ1n) is 11.5. The average Bonchev–Trinajstić information content (AvgIpc) is 3.42. The third kappa shape index (κ3) is 4.27. The lowest BCUT2D eigenvalue weighted by molar-refractivity contribution is 0.313. The molecular weight excluding hydrogens is 418 g/mol. The Hall–Kier alpha value is -2.42. The SMILES string of the molecule is Cc1csc2nc(Nc3ccc(N4CCN(C)CC4)cc3)nc(N3CC[C@H](N(C)C)C3)c12. The minimum Gasteiger partial charge on any atom is -0.369 e. The normalized spacial score (nSPS) is 20.0. The van der Waals surface area contributed by atoms with Gasteiger partial charge in [-0.2, -0.15) is 4.98 Å². The number of nitrogens with one attached hydrogen (secondary N) is 1. The lowest BCUT2D eigenvalue weighted by atomic mass is 10.2. The van der Waals surface area contributed by atoms with Gasteiger partial charge < -0.3 is 24.9 Å². The van der Waals surface area contributed by atoms with Crippen molar-refractivity contribution in [3.63, 3.8) is 0 Å². The van der Waals surface area contributed by atoms with Gasteiger partial charge in [0.2, 0.25) is 5.95 Å². The Morgan fingerprint density at radius 1 is 1.00 bits per heavy atom. The fourth-order valence-electron chi connectivity index (χ4n) is 4.65. The second kappa shape index (κ2) is 8.84. The van der Waals surface area contributed by atoms with Crippen molar-refractivity contribution in [3.05, 3.63) is 35.2 Å². The molecule has 2 fully saturated rings. The lowest BCUT2D eigenvalue weighted by Crippen LogP contribution is -2.44. The number of aryl methyl sites for hydroxylation is 1. The number of benzene rings is 1. The summed E-state index contributed by atoms with van der Waals surface area (Å²) in [4.78, 5) is 20.5. The average molecular weight is 452 g/mol. The predicted octanol–water partition coefficient (Wildman–Crippen LogP) is 3.64. The van der Waals surface area contributed by atoms with Crippen LogP contribution in [0.1, 0.15) is 12.0 Å². The van der Waals surface area contributed by atoms with Crippen LogP contribution in [0.2, 0.25) is 0 Å². The monoisotopic (exact) mass is 451 g/mol. The van der Waals surface area contributed by atoms with Gasteiger partial charge in [0.25, 0.3) is 0 Å². The van der Waals surface area contributed by atoms with E-state index in [1.807, 2.05) is 0 Å². The maximum atomic E-state index is 5.00. The van der Waals surface area contributed by atoms with Gasteiger partial charge in [-0.25, -0.2) is 4.98 Å². The van der Waals surface area contributed by atoms with Crippen LogP contribution in [0.3, 0.4) is 0 Å². The number of thiophene rings is 1. The van der Waals surface area contributed by atoms with Gasteiger partial charge in [0.05, 0.1) is 5.39 Å². The molecule has 7 nitrogen and oxygen atoms in total. The fraction of sp³-hybridized carbons (Fsp3) is 0.500. The minimum absolute atomic E-state index is 0.567. The summed E-state index contributed by atoms with van der Waals surface area (Å²) in [6.45, 7) is 8.58. The van der Waals surface area contributed by atoms with Crippen molar-refractivity contribution in [3.8, 4) is 0 Å². The molecule has 4 heterocycles. The first kappa shape index (κ1) is 21.4. The molecule has 5 rings (SSSR count). The molecule has 1 N–H and O–H groups in total. The number of fused-ring (bicyclic) bond motifs is 1. The molecule has 0 radical (unpaired) electrons. The number of anilines is 4. The van der Waals surface area contributed by atoms with Gasteiger partial charge in [0.15, 0.2) is 0 Å².